The van der Waals surface area contributed by atoms with E-state index in [1.807, 2.05) is 25.1 Å². The van der Waals surface area contributed by atoms with Crippen LogP contribution < -0.4 is 14.9 Å². The molecule has 6 nitrogen and oxygen atoms in total. The van der Waals surface area contributed by atoms with Crippen molar-refractivity contribution in [2.45, 2.75) is 26.7 Å². The molecular formula is C26H25ClN2O4. The number of hydrogen-bond acceptors (Lipinski definition) is 5. The van der Waals surface area contributed by atoms with Crippen molar-refractivity contribution in [3.05, 3.63) is 94.0 Å². The van der Waals surface area contributed by atoms with Gasteiger partial charge in [0.1, 0.15) is 11.5 Å². The van der Waals surface area contributed by atoms with Crippen LogP contribution in [0.1, 0.15) is 46.8 Å². The maximum Gasteiger partial charge on any atom is 0.343 e. The first-order valence-electron chi connectivity index (χ1n) is 10.5. The Hall–Kier alpha value is -3.64. The summed E-state index contributed by atoms with van der Waals surface area (Å²) in [5, 5.41) is 4.50. The largest absolute Gasteiger partial charge is 0.483 e. The van der Waals surface area contributed by atoms with Crippen molar-refractivity contribution in [2.75, 3.05) is 6.61 Å². The number of nitrogens with one attached hydrogen (secondary N) is 1. The van der Waals surface area contributed by atoms with Gasteiger partial charge in [-0.2, -0.15) is 5.10 Å². The molecule has 0 radical (unpaired) electrons. The zero-order valence-corrected chi connectivity index (χ0v) is 19.4. The predicted molar refractivity (Wildman–Crippen MR) is 129 cm³/mol. The standard InChI is InChI=1S/C26H25ClN2O4/c1-17(2)22-13-8-18(3)14-24(22)32-16-25(30)29-28-15-20-6-4-5-7-23(20)33-26(31)19-9-11-21(27)12-10-19/h4-15,17H,16H2,1-3H3,(H,29,30). The van der Waals surface area contributed by atoms with Gasteiger partial charge in [-0.3, -0.25) is 4.79 Å². The number of nitrogens with zero attached hydrogens (tertiary/aromatic N) is 1. The maximum absolute atomic E-state index is 12.4. The summed E-state index contributed by atoms with van der Waals surface area (Å²) >= 11 is 5.86. The maximum atomic E-state index is 12.4. The summed E-state index contributed by atoms with van der Waals surface area (Å²) in [5.41, 5.74) is 5.42. The number of rotatable bonds is 8. The molecular weight excluding hydrogens is 440 g/mol. The zero-order valence-electron chi connectivity index (χ0n) is 18.7. The smallest absolute Gasteiger partial charge is 0.343 e. The van der Waals surface area contributed by atoms with E-state index in [0.717, 1.165) is 11.1 Å². The number of carbonyl (C=O) groups is 2. The Morgan fingerprint density at radius 1 is 1.03 bits per heavy atom. The number of halogens is 1. The first-order valence-corrected chi connectivity index (χ1v) is 10.8. The summed E-state index contributed by atoms with van der Waals surface area (Å²) in [5.74, 6) is 0.340. The van der Waals surface area contributed by atoms with Crippen molar-refractivity contribution in [2.24, 2.45) is 5.10 Å². The van der Waals surface area contributed by atoms with Crippen LogP contribution in [-0.4, -0.2) is 24.7 Å². The zero-order chi connectivity index (χ0) is 23.8. The number of amides is 1. The Labute approximate surface area is 198 Å². The van der Waals surface area contributed by atoms with E-state index in [1.165, 1.54) is 6.21 Å². The van der Waals surface area contributed by atoms with Gasteiger partial charge in [-0.1, -0.05) is 49.7 Å². The van der Waals surface area contributed by atoms with Crippen molar-refractivity contribution in [1.82, 2.24) is 5.43 Å². The van der Waals surface area contributed by atoms with Gasteiger partial charge in [-0.25, -0.2) is 10.2 Å². The molecule has 0 heterocycles. The van der Waals surface area contributed by atoms with Gasteiger partial charge in [-0.15, -0.1) is 0 Å². The fourth-order valence-electron chi connectivity index (χ4n) is 3.02. The van der Waals surface area contributed by atoms with Crippen LogP contribution >= 0.6 is 11.6 Å². The highest BCUT2D eigenvalue weighted by atomic mass is 35.5. The summed E-state index contributed by atoms with van der Waals surface area (Å²) in [4.78, 5) is 24.6. The second-order valence-electron chi connectivity index (χ2n) is 7.71. The van der Waals surface area contributed by atoms with Crippen LogP contribution in [0.25, 0.3) is 0 Å². The lowest BCUT2D eigenvalue weighted by molar-refractivity contribution is -0.123. The van der Waals surface area contributed by atoms with Gasteiger partial charge in [-0.05, 0) is 66.4 Å². The molecule has 0 fully saturated rings. The van der Waals surface area contributed by atoms with Gasteiger partial charge in [0.05, 0.1) is 11.8 Å². The molecule has 3 rings (SSSR count). The average Bonchev–Trinajstić information content (AvgIpc) is 2.79. The van der Waals surface area contributed by atoms with Gasteiger partial charge in [0.25, 0.3) is 5.91 Å². The molecule has 0 aliphatic rings. The third-order valence-electron chi connectivity index (χ3n) is 4.74. The normalized spacial score (nSPS) is 10.9. The molecule has 0 aliphatic heterocycles. The topological polar surface area (TPSA) is 77.0 Å². The van der Waals surface area contributed by atoms with Gasteiger partial charge in [0.2, 0.25) is 0 Å². The summed E-state index contributed by atoms with van der Waals surface area (Å²) < 4.78 is 11.2. The number of hydrazone groups is 1. The first-order chi connectivity index (χ1) is 15.8. The van der Waals surface area contributed by atoms with Crippen molar-refractivity contribution in [3.63, 3.8) is 0 Å². The molecule has 0 spiro atoms. The Morgan fingerprint density at radius 3 is 2.48 bits per heavy atom. The van der Waals surface area contributed by atoms with E-state index >= 15 is 0 Å². The van der Waals surface area contributed by atoms with Crippen LogP contribution in [0.2, 0.25) is 5.02 Å². The summed E-state index contributed by atoms with van der Waals surface area (Å²) in [6.45, 7) is 5.93. The number of benzene rings is 3. The molecule has 0 aliphatic carbocycles. The molecule has 7 heteroatoms. The molecule has 0 unspecified atom stereocenters. The van der Waals surface area contributed by atoms with E-state index in [9.17, 15) is 9.59 Å². The number of para-hydroxylation sites is 1. The lowest BCUT2D eigenvalue weighted by Gasteiger charge is -2.14. The highest BCUT2D eigenvalue weighted by molar-refractivity contribution is 6.30. The van der Waals surface area contributed by atoms with E-state index < -0.39 is 11.9 Å². The molecule has 33 heavy (non-hydrogen) atoms. The van der Waals surface area contributed by atoms with Crippen LogP contribution in [0.15, 0.2) is 71.8 Å². The second-order valence-corrected chi connectivity index (χ2v) is 8.15. The minimum atomic E-state index is -0.524. The minimum absolute atomic E-state index is 0.173. The van der Waals surface area contributed by atoms with Crippen LogP contribution in [0.5, 0.6) is 11.5 Å². The Morgan fingerprint density at radius 2 is 1.76 bits per heavy atom. The van der Waals surface area contributed by atoms with E-state index in [-0.39, 0.29) is 12.5 Å². The lowest BCUT2D eigenvalue weighted by atomic mass is 10.0. The number of esters is 1. The van der Waals surface area contributed by atoms with Crippen molar-refractivity contribution in [1.29, 1.82) is 0 Å². The average molecular weight is 465 g/mol. The van der Waals surface area contributed by atoms with E-state index in [2.05, 4.69) is 24.4 Å². The third-order valence-corrected chi connectivity index (χ3v) is 5.00. The van der Waals surface area contributed by atoms with Crippen LogP contribution in [-0.2, 0) is 4.79 Å². The summed E-state index contributed by atoms with van der Waals surface area (Å²) in [6.07, 6.45) is 1.41. The summed E-state index contributed by atoms with van der Waals surface area (Å²) in [7, 11) is 0. The third kappa shape index (κ3) is 6.92. The van der Waals surface area contributed by atoms with Gasteiger partial charge in [0, 0.05) is 10.6 Å². The molecule has 170 valence electrons. The molecule has 1 N–H and O–H groups in total. The van der Waals surface area contributed by atoms with Crippen LogP contribution in [0, 0.1) is 6.92 Å². The second kappa shape index (κ2) is 11.3. The number of aryl methyl sites for hydroxylation is 1. The van der Waals surface area contributed by atoms with Crippen molar-refractivity contribution >= 4 is 29.7 Å². The Kier molecular flexibility index (Phi) is 8.22. The highest BCUT2D eigenvalue weighted by Crippen LogP contribution is 2.27. The monoisotopic (exact) mass is 464 g/mol. The predicted octanol–water partition coefficient (Wildman–Crippen LogP) is 5.52. The molecule has 0 saturated carbocycles. The molecule has 0 bridgehead atoms. The lowest BCUT2D eigenvalue weighted by Crippen LogP contribution is -2.25. The fourth-order valence-corrected chi connectivity index (χ4v) is 3.14. The SMILES string of the molecule is Cc1ccc(C(C)C)c(OCC(=O)NN=Cc2ccccc2OC(=O)c2ccc(Cl)cc2)c1. The molecule has 0 aromatic heterocycles. The Bertz CT molecular complexity index is 1160. The van der Waals surface area contributed by atoms with Gasteiger partial charge < -0.3 is 9.47 Å². The minimum Gasteiger partial charge on any atom is -0.483 e. The van der Waals surface area contributed by atoms with E-state index in [4.69, 9.17) is 21.1 Å². The summed E-state index contributed by atoms with van der Waals surface area (Å²) in [6, 6.07) is 19.2. The Balaban J connectivity index is 1.59. The molecule has 3 aromatic rings. The number of ether oxygens (including phenoxy) is 2. The van der Waals surface area contributed by atoms with Crippen LogP contribution in [0.4, 0.5) is 0 Å². The highest BCUT2D eigenvalue weighted by Gasteiger charge is 2.12. The van der Waals surface area contributed by atoms with Crippen LogP contribution in [0.3, 0.4) is 0 Å². The number of carbonyl (C=O) groups excluding carboxylic acids is 2. The molecule has 3 aromatic carbocycles. The van der Waals surface area contributed by atoms with E-state index in [0.29, 0.717) is 27.6 Å². The van der Waals surface area contributed by atoms with Crippen molar-refractivity contribution in [3.8, 4) is 11.5 Å². The molecule has 0 atom stereocenters. The van der Waals surface area contributed by atoms with Crippen molar-refractivity contribution < 1.29 is 19.1 Å². The molecule has 1 amide bonds. The van der Waals surface area contributed by atoms with Gasteiger partial charge >= 0.3 is 5.97 Å². The first kappa shape index (κ1) is 24.0. The molecule has 0 saturated heterocycles. The quantitative estimate of drug-likeness (QED) is 0.206. The number of hydrogen-bond donors (Lipinski definition) is 1. The fraction of sp³-hybridized carbons (Fsp3) is 0.192. The van der Waals surface area contributed by atoms with Gasteiger partial charge in [0.15, 0.2) is 6.61 Å². The van der Waals surface area contributed by atoms with E-state index in [1.54, 1.807) is 48.5 Å².